The lowest BCUT2D eigenvalue weighted by Crippen LogP contribution is -2.54. The molecular weight excluding hydrogens is 939 g/mol. The number of piperazine rings is 1. The number of amides is 3. The first-order valence-corrected chi connectivity index (χ1v) is 25.7. The van der Waals surface area contributed by atoms with Crippen molar-refractivity contribution in [2.45, 2.75) is 57.7 Å². The zero-order valence-corrected chi connectivity index (χ0v) is 40.4. The summed E-state index contributed by atoms with van der Waals surface area (Å²) < 4.78 is 32.9. The quantitative estimate of drug-likeness (QED) is 0.130. The molecule has 5 aromatic rings. The fourth-order valence-electron chi connectivity index (χ4n) is 10.7. The minimum absolute atomic E-state index is 0.131. The van der Waals surface area contributed by atoms with Crippen molar-refractivity contribution in [2.75, 3.05) is 92.7 Å². The number of halogens is 1. The molecule has 3 N–H and O–H groups in total. The van der Waals surface area contributed by atoms with Crippen molar-refractivity contribution in [1.29, 1.82) is 0 Å². The van der Waals surface area contributed by atoms with E-state index in [1.54, 1.807) is 30.5 Å². The van der Waals surface area contributed by atoms with E-state index in [-0.39, 0.29) is 24.1 Å². The summed E-state index contributed by atoms with van der Waals surface area (Å²) >= 11 is 3.56. The van der Waals surface area contributed by atoms with Gasteiger partial charge in [0.1, 0.15) is 17.6 Å². The number of piperidine rings is 2. The number of nitrogens with one attached hydrogen (secondary N) is 3. The number of aromatic nitrogens is 3. The van der Waals surface area contributed by atoms with Crippen molar-refractivity contribution in [2.24, 2.45) is 5.92 Å². The van der Waals surface area contributed by atoms with E-state index in [9.17, 15) is 22.8 Å². The van der Waals surface area contributed by atoms with Gasteiger partial charge in [-0.25, -0.2) is 17.4 Å². The van der Waals surface area contributed by atoms with Crippen LogP contribution in [0.5, 0.6) is 5.75 Å². The number of anilines is 6. The molecule has 5 aliphatic heterocycles. The number of benzene rings is 3. The largest absolute Gasteiger partial charge is 0.494 e. The van der Waals surface area contributed by atoms with Crippen molar-refractivity contribution >= 4 is 89.1 Å². The molecule has 10 rings (SSSR count). The molecule has 7 heterocycles. The maximum atomic E-state index is 13.2. The third-order valence-corrected chi connectivity index (χ3v) is 15.8. The predicted octanol–water partition coefficient (Wildman–Crippen LogP) is 5.68. The lowest BCUT2D eigenvalue weighted by molar-refractivity contribution is -0.136. The fourth-order valence-corrected chi connectivity index (χ4v) is 11.8. The number of para-hydroxylation sites is 1. The van der Waals surface area contributed by atoms with Gasteiger partial charge in [-0.3, -0.25) is 24.6 Å². The molecule has 5 aliphatic rings. The van der Waals surface area contributed by atoms with Gasteiger partial charge in [-0.15, -0.1) is 0 Å². The highest BCUT2D eigenvalue weighted by Gasteiger charge is 2.40. The number of carbonyl (C=O) groups excluding carboxylic acids is 3. The van der Waals surface area contributed by atoms with Crippen LogP contribution >= 0.6 is 15.9 Å². The summed E-state index contributed by atoms with van der Waals surface area (Å²) in [5.41, 5.74) is 6.88. The topological polar surface area (TPSA) is 178 Å². The number of rotatable bonds is 12. The third-order valence-electron chi connectivity index (χ3n) is 14.2. The van der Waals surface area contributed by atoms with Crippen LogP contribution in [0.2, 0.25) is 0 Å². The number of nitrogens with zero attached hydrogens (tertiary/aromatic N) is 8. The molecule has 19 heteroatoms. The Hall–Kier alpha value is -5.76. The number of carbonyl (C=O) groups is 3. The summed E-state index contributed by atoms with van der Waals surface area (Å²) in [5, 5.41) is 9.83. The molecule has 17 nitrogen and oxygen atoms in total. The van der Waals surface area contributed by atoms with E-state index < -0.39 is 16.1 Å². The van der Waals surface area contributed by atoms with E-state index in [1.165, 1.54) is 10.2 Å². The Bertz CT molecular complexity index is 2860. The first-order valence-electron chi connectivity index (χ1n) is 23.1. The van der Waals surface area contributed by atoms with Crippen LogP contribution in [0.4, 0.5) is 34.5 Å². The molecule has 2 atom stereocenters. The Morgan fingerprint density at radius 2 is 1.69 bits per heavy atom. The maximum Gasteiger partial charge on any atom is 0.255 e. The molecule has 4 saturated heterocycles. The Kier molecular flexibility index (Phi) is 12.4. The number of ether oxygens (including phenoxy) is 1. The monoisotopic (exact) mass is 993 g/mol. The van der Waals surface area contributed by atoms with Crippen LogP contribution in [-0.2, 0) is 26.2 Å². The smallest absolute Gasteiger partial charge is 0.255 e. The molecule has 2 aromatic heterocycles. The number of hydrogen-bond acceptors (Lipinski definition) is 14. The highest BCUT2D eigenvalue weighted by Crippen LogP contribution is 2.38. The average Bonchev–Trinajstić information content (AvgIpc) is 4.06. The molecule has 67 heavy (non-hydrogen) atoms. The summed E-state index contributed by atoms with van der Waals surface area (Å²) in [5.74, 6) is 1.30. The van der Waals surface area contributed by atoms with Crippen LogP contribution in [0, 0.1) is 12.8 Å². The summed E-state index contributed by atoms with van der Waals surface area (Å²) in [6, 6.07) is 17.5. The van der Waals surface area contributed by atoms with Gasteiger partial charge in [0.2, 0.25) is 27.8 Å². The van der Waals surface area contributed by atoms with Crippen LogP contribution in [0.15, 0.2) is 71.5 Å². The van der Waals surface area contributed by atoms with E-state index in [1.807, 2.05) is 30.3 Å². The Labute approximate surface area is 399 Å². The van der Waals surface area contributed by atoms with Gasteiger partial charge < -0.3 is 35.0 Å². The van der Waals surface area contributed by atoms with E-state index >= 15 is 0 Å². The zero-order valence-electron chi connectivity index (χ0n) is 38.0. The summed E-state index contributed by atoms with van der Waals surface area (Å²) in [4.78, 5) is 58.6. The van der Waals surface area contributed by atoms with E-state index in [2.05, 4.69) is 81.6 Å². The van der Waals surface area contributed by atoms with Crippen LogP contribution in [0.25, 0.3) is 10.9 Å². The second kappa shape index (κ2) is 18.4. The standard InChI is InChI=1S/C48H56BrN11O6S/c1-30-23-39(52-48-50-26-37(49)45(54-48)51-38-6-4-5-32-12-18-60(44(32)38)67(3,64)65)42(66-2)25-41(30)57-16-13-34(14-17-57)56-21-19-55(20-22-56)27-31-11-15-58(28-31)35-7-8-36-33(24-35)29-59(47(36)63)40-9-10-43(61)53-46(40)62/h4-8,12,18,23-26,31,34,40H,9-11,13-17,19-22,27-29H2,1-3H3,(H,53,61,62)(H2,50,51,52,54)/t31-,40?/m0/s1. The molecule has 3 aromatic carbocycles. The highest BCUT2D eigenvalue weighted by atomic mass is 79.9. The van der Waals surface area contributed by atoms with Gasteiger partial charge in [0, 0.05) is 119 Å². The molecule has 3 amide bonds. The molecule has 352 valence electrons. The van der Waals surface area contributed by atoms with Gasteiger partial charge in [0.25, 0.3) is 5.91 Å². The molecule has 0 bridgehead atoms. The molecule has 1 unspecified atom stereocenters. The minimum Gasteiger partial charge on any atom is -0.494 e. The number of aryl methyl sites for hydroxylation is 1. The first kappa shape index (κ1) is 45.0. The molecule has 4 fully saturated rings. The van der Waals surface area contributed by atoms with E-state index in [0.29, 0.717) is 63.7 Å². The summed E-state index contributed by atoms with van der Waals surface area (Å²) in [7, 11) is -1.86. The second-order valence-electron chi connectivity index (χ2n) is 18.5. The van der Waals surface area contributed by atoms with Crippen molar-refractivity contribution in [3.05, 3.63) is 88.2 Å². The Balaban J connectivity index is 0.705. The molecule has 0 aliphatic carbocycles. The minimum atomic E-state index is -3.53. The maximum absolute atomic E-state index is 13.2. The second-order valence-corrected chi connectivity index (χ2v) is 21.2. The van der Waals surface area contributed by atoms with Gasteiger partial charge in [0.05, 0.1) is 34.7 Å². The van der Waals surface area contributed by atoms with Gasteiger partial charge in [-0.2, -0.15) is 4.98 Å². The van der Waals surface area contributed by atoms with Gasteiger partial charge in [-0.1, -0.05) is 12.1 Å². The molecule has 0 saturated carbocycles. The average molecular weight is 995 g/mol. The lowest BCUT2D eigenvalue weighted by Gasteiger charge is -2.44. The van der Waals surface area contributed by atoms with Crippen LogP contribution in [-0.4, -0.2) is 139 Å². The van der Waals surface area contributed by atoms with Gasteiger partial charge >= 0.3 is 0 Å². The van der Waals surface area contributed by atoms with Crippen molar-refractivity contribution in [3.63, 3.8) is 0 Å². The third kappa shape index (κ3) is 9.17. The van der Waals surface area contributed by atoms with Crippen molar-refractivity contribution < 1.29 is 27.5 Å². The Morgan fingerprint density at radius 1 is 0.896 bits per heavy atom. The number of fused-ring (bicyclic) bond motifs is 2. The molecular formula is C48H56BrN11O6S. The van der Waals surface area contributed by atoms with E-state index in [4.69, 9.17) is 9.72 Å². The van der Waals surface area contributed by atoms with E-state index in [0.717, 1.165) is 112 Å². The van der Waals surface area contributed by atoms with Crippen molar-refractivity contribution in [1.82, 2.24) is 34.0 Å². The first-order chi connectivity index (χ1) is 32.3. The normalized spacial score (nSPS) is 21.0. The van der Waals surface area contributed by atoms with Crippen LogP contribution < -0.4 is 30.5 Å². The van der Waals surface area contributed by atoms with Crippen LogP contribution in [0.3, 0.4) is 0 Å². The van der Waals surface area contributed by atoms with Gasteiger partial charge in [-0.05, 0) is 102 Å². The Morgan fingerprint density at radius 3 is 2.45 bits per heavy atom. The molecule has 0 radical (unpaired) electrons. The number of imide groups is 1. The van der Waals surface area contributed by atoms with Gasteiger partial charge in [0.15, 0.2) is 0 Å². The lowest BCUT2D eigenvalue weighted by atomic mass is 10.00. The zero-order chi connectivity index (χ0) is 46.6. The summed E-state index contributed by atoms with van der Waals surface area (Å²) in [6.45, 7) is 11.8. The number of hydrogen-bond donors (Lipinski definition) is 3. The fraction of sp³-hybridized carbons (Fsp3) is 0.438. The number of methoxy groups -OCH3 is 1. The van der Waals surface area contributed by atoms with Crippen molar-refractivity contribution in [3.8, 4) is 5.75 Å². The summed E-state index contributed by atoms with van der Waals surface area (Å²) in [6.07, 6.45) is 8.34. The highest BCUT2D eigenvalue weighted by molar-refractivity contribution is 9.10. The SMILES string of the molecule is COc1cc(N2CCC(N3CCN(C[C@@H]4CCN(c5ccc6c(c5)CN(C5CCC(=O)NC5=O)C6=O)C4)CC3)CC2)c(C)cc1Nc1ncc(Br)c(Nc2cccc3ccn(S(C)(=O)=O)c23)n1. The molecule has 0 spiro atoms. The predicted molar refractivity (Wildman–Crippen MR) is 262 cm³/mol. The van der Waals surface area contributed by atoms with Crippen LogP contribution in [0.1, 0.15) is 53.6 Å².